The van der Waals surface area contributed by atoms with Gasteiger partial charge in [0.1, 0.15) is 0 Å². The van der Waals surface area contributed by atoms with Crippen molar-refractivity contribution in [3.05, 3.63) is 70.8 Å². The lowest BCUT2D eigenvalue weighted by atomic mass is 9.79. The molecule has 1 amide bonds. The van der Waals surface area contributed by atoms with Gasteiger partial charge in [-0.1, -0.05) is 50.2 Å². The molecular formula is C23H29NO. The van der Waals surface area contributed by atoms with Crippen LogP contribution in [0.2, 0.25) is 0 Å². The van der Waals surface area contributed by atoms with Crippen LogP contribution in [0.4, 0.5) is 0 Å². The molecule has 0 unspecified atom stereocenters. The summed E-state index contributed by atoms with van der Waals surface area (Å²) in [5.74, 6) is 0.0461. The van der Waals surface area contributed by atoms with Crippen LogP contribution >= 0.6 is 0 Å². The van der Waals surface area contributed by atoms with Crippen molar-refractivity contribution < 1.29 is 4.79 Å². The average Bonchev–Trinajstić information content (AvgIpc) is 2.61. The van der Waals surface area contributed by atoms with Gasteiger partial charge in [-0.15, -0.1) is 0 Å². The van der Waals surface area contributed by atoms with E-state index < -0.39 is 0 Å². The summed E-state index contributed by atoms with van der Waals surface area (Å²) >= 11 is 0. The number of nitrogens with one attached hydrogen (secondary N) is 1. The van der Waals surface area contributed by atoms with Crippen molar-refractivity contribution in [3.8, 4) is 0 Å². The molecule has 132 valence electrons. The highest BCUT2D eigenvalue weighted by atomic mass is 16.1. The van der Waals surface area contributed by atoms with Gasteiger partial charge in [0.05, 0.1) is 0 Å². The Balaban J connectivity index is 1.64. The summed E-state index contributed by atoms with van der Waals surface area (Å²) in [7, 11) is 0. The first-order valence-electron chi connectivity index (χ1n) is 9.44. The van der Waals surface area contributed by atoms with Crippen LogP contribution < -0.4 is 5.32 Å². The number of carbonyl (C=O) groups excluding carboxylic acids is 1. The largest absolute Gasteiger partial charge is 0.350 e. The van der Waals surface area contributed by atoms with Gasteiger partial charge in [0.15, 0.2) is 0 Å². The lowest BCUT2D eigenvalue weighted by Crippen LogP contribution is -2.37. The van der Waals surface area contributed by atoms with Crippen LogP contribution in [0.25, 0.3) is 0 Å². The number of benzene rings is 2. The van der Waals surface area contributed by atoms with Crippen molar-refractivity contribution in [2.75, 3.05) is 0 Å². The van der Waals surface area contributed by atoms with Crippen LogP contribution in [0.15, 0.2) is 48.5 Å². The maximum atomic E-state index is 12.7. The highest BCUT2D eigenvalue weighted by Gasteiger charge is 2.24. The fraction of sp³-hybridized carbons (Fsp3) is 0.435. The Bertz CT molecular complexity index is 733. The molecule has 1 aliphatic rings. The van der Waals surface area contributed by atoms with Gasteiger partial charge in [0, 0.05) is 11.6 Å². The molecule has 1 atom stereocenters. The predicted octanol–water partition coefficient (Wildman–Crippen LogP) is 5.05. The minimum Gasteiger partial charge on any atom is -0.350 e. The third-order valence-corrected chi connectivity index (χ3v) is 5.36. The van der Waals surface area contributed by atoms with Crippen molar-refractivity contribution in [2.45, 2.75) is 64.3 Å². The smallest absolute Gasteiger partial charge is 0.251 e. The lowest BCUT2D eigenvalue weighted by Gasteiger charge is -2.29. The molecule has 1 N–H and O–H groups in total. The first kappa shape index (κ1) is 17.7. The summed E-state index contributed by atoms with van der Waals surface area (Å²) in [6.07, 6.45) is 5.67. The highest BCUT2D eigenvalue weighted by Crippen LogP contribution is 2.28. The van der Waals surface area contributed by atoms with Gasteiger partial charge in [-0.2, -0.15) is 0 Å². The molecule has 2 aromatic rings. The molecule has 3 rings (SSSR count). The van der Waals surface area contributed by atoms with Gasteiger partial charge < -0.3 is 5.32 Å². The van der Waals surface area contributed by atoms with Gasteiger partial charge in [-0.25, -0.2) is 0 Å². The molecule has 0 heterocycles. The van der Waals surface area contributed by atoms with E-state index in [0.717, 1.165) is 24.8 Å². The molecule has 2 nitrogen and oxygen atoms in total. The average molecular weight is 335 g/mol. The second kappa shape index (κ2) is 7.43. The van der Waals surface area contributed by atoms with Gasteiger partial charge in [-0.05, 0) is 73.3 Å². The first-order valence-corrected chi connectivity index (χ1v) is 9.44. The maximum absolute atomic E-state index is 12.7. The predicted molar refractivity (Wildman–Crippen MR) is 104 cm³/mol. The SMILES string of the molecule is C[C@H](CC(C)(C)c1ccccc1)NC(=O)c1ccc2c(c1)CCCC2. The number of hydrogen-bond acceptors (Lipinski definition) is 1. The Kier molecular flexibility index (Phi) is 5.27. The second-order valence-corrected chi connectivity index (χ2v) is 8.02. The molecular weight excluding hydrogens is 306 g/mol. The highest BCUT2D eigenvalue weighted by molar-refractivity contribution is 5.94. The fourth-order valence-electron chi connectivity index (χ4n) is 4.01. The van der Waals surface area contributed by atoms with Gasteiger partial charge in [0.25, 0.3) is 5.91 Å². The van der Waals surface area contributed by atoms with Crippen LogP contribution in [-0.2, 0) is 18.3 Å². The van der Waals surface area contributed by atoms with Crippen molar-refractivity contribution in [1.82, 2.24) is 5.32 Å². The van der Waals surface area contributed by atoms with Crippen molar-refractivity contribution in [3.63, 3.8) is 0 Å². The van der Waals surface area contributed by atoms with E-state index in [1.165, 1.54) is 29.5 Å². The van der Waals surface area contributed by atoms with Crippen LogP contribution in [-0.4, -0.2) is 11.9 Å². The molecule has 0 saturated carbocycles. The number of hydrogen-bond donors (Lipinski definition) is 1. The minimum absolute atomic E-state index is 0.0316. The summed E-state index contributed by atoms with van der Waals surface area (Å²) in [5, 5.41) is 3.19. The summed E-state index contributed by atoms with van der Waals surface area (Å²) in [6, 6.07) is 16.9. The van der Waals surface area contributed by atoms with E-state index in [-0.39, 0.29) is 17.4 Å². The van der Waals surface area contributed by atoms with Gasteiger partial charge in [-0.3, -0.25) is 4.79 Å². The fourth-order valence-corrected chi connectivity index (χ4v) is 4.01. The van der Waals surface area contributed by atoms with E-state index in [9.17, 15) is 4.79 Å². The quantitative estimate of drug-likeness (QED) is 0.814. The normalized spacial score (nSPS) is 15.3. The number of rotatable bonds is 5. The van der Waals surface area contributed by atoms with Crippen LogP contribution in [0.3, 0.4) is 0 Å². The molecule has 2 heteroatoms. The van der Waals surface area contributed by atoms with Crippen LogP contribution in [0.5, 0.6) is 0 Å². The summed E-state index contributed by atoms with van der Waals surface area (Å²) in [4.78, 5) is 12.7. The minimum atomic E-state index is 0.0316. The molecule has 0 aromatic heterocycles. The van der Waals surface area contributed by atoms with E-state index >= 15 is 0 Å². The first-order chi connectivity index (χ1) is 12.0. The molecule has 0 aliphatic heterocycles. The van der Waals surface area contributed by atoms with E-state index in [1.54, 1.807) is 0 Å². The van der Waals surface area contributed by atoms with Crippen LogP contribution in [0.1, 0.15) is 67.1 Å². The molecule has 2 aromatic carbocycles. The summed E-state index contributed by atoms with van der Waals surface area (Å²) < 4.78 is 0. The topological polar surface area (TPSA) is 29.1 Å². The third kappa shape index (κ3) is 4.31. The van der Waals surface area contributed by atoms with Gasteiger partial charge in [0.2, 0.25) is 0 Å². The van der Waals surface area contributed by atoms with E-state index in [1.807, 2.05) is 12.1 Å². The zero-order chi connectivity index (χ0) is 17.9. The second-order valence-electron chi connectivity index (χ2n) is 8.02. The van der Waals surface area contributed by atoms with Gasteiger partial charge >= 0.3 is 0 Å². The number of carbonyl (C=O) groups is 1. The Morgan fingerprint density at radius 1 is 1.04 bits per heavy atom. The summed E-state index contributed by atoms with van der Waals surface area (Å²) in [5.41, 5.74) is 4.91. The molecule has 0 fully saturated rings. The van der Waals surface area contributed by atoms with E-state index in [0.29, 0.717) is 0 Å². The molecule has 0 bridgehead atoms. The molecule has 0 spiro atoms. The standard InChI is InChI=1S/C23H29NO/c1-17(16-23(2,3)21-11-5-4-6-12-21)24-22(25)20-14-13-18-9-7-8-10-19(18)15-20/h4-6,11-15,17H,7-10,16H2,1-3H3,(H,24,25)/t17-/m1/s1. The number of amides is 1. The summed E-state index contributed by atoms with van der Waals surface area (Å²) in [6.45, 7) is 6.58. The lowest BCUT2D eigenvalue weighted by molar-refractivity contribution is 0.0934. The van der Waals surface area contributed by atoms with Crippen molar-refractivity contribution in [1.29, 1.82) is 0 Å². The van der Waals surface area contributed by atoms with E-state index in [4.69, 9.17) is 0 Å². The monoisotopic (exact) mass is 335 g/mol. The zero-order valence-electron chi connectivity index (χ0n) is 15.6. The number of fused-ring (bicyclic) bond motifs is 1. The number of aryl methyl sites for hydroxylation is 2. The Morgan fingerprint density at radius 2 is 1.72 bits per heavy atom. The molecule has 25 heavy (non-hydrogen) atoms. The Morgan fingerprint density at radius 3 is 2.44 bits per heavy atom. The molecule has 1 aliphatic carbocycles. The van der Waals surface area contributed by atoms with E-state index in [2.05, 4.69) is 62.5 Å². The Labute approximate surface area is 151 Å². The molecule has 0 saturated heterocycles. The van der Waals surface area contributed by atoms with Crippen molar-refractivity contribution >= 4 is 5.91 Å². The molecule has 0 radical (unpaired) electrons. The van der Waals surface area contributed by atoms with Crippen LogP contribution in [0, 0.1) is 0 Å². The third-order valence-electron chi connectivity index (χ3n) is 5.36. The van der Waals surface area contributed by atoms with Crippen molar-refractivity contribution in [2.24, 2.45) is 0 Å². The zero-order valence-corrected chi connectivity index (χ0v) is 15.6. The Hall–Kier alpha value is -2.09. The maximum Gasteiger partial charge on any atom is 0.251 e.